The third-order valence-corrected chi connectivity index (χ3v) is 5.15. The Kier molecular flexibility index (Phi) is 5.76. The van der Waals surface area contributed by atoms with Crippen LogP contribution in [0.2, 0.25) is 0 Å². The van der Waals surface area contributed by atoms with Crippen molar-refractivity contribution >= 4 is 15.7 Å². The Labute approximate surface area is 127 Å². The van der Waals surface area contributed by atoms with E-state index in [1.807, 2.05) is 0 Å². The summed E-state index contributed by atoms with van der Waals surface area (Å²) in [6, 6.07) is 8.87. The van der Waals surface area contributed by atoms with E-state index in [2.05, 4.69) is 25.2 Å². The molecular formula is C15H23N3O2S. The molecule has 6 heteroatoms. The van der Waals surface area contributed by atoms with Crippen molar-refractivity contribution in [1.29, 1.82) is 5.26 Å². The molecule has 0 aliphatic rings. The predicted molar refractivity (Wildman–Crippen MR) is 84.4 cm³/mol. The summed E-state index contributed by atoms with van der Waals surface area (Å²) in [5, 5.41) is 11.9. The standard InChI is InChI=1S/C15H23N3O2S/c1-15(2,10-5-11-16)12-17-13-6-8-14(9-7-13)21(19,20)18(3)4/h6-9,17H,5,10,12H2,1-4H3. The van der Waals surface area contributed by atoms with E-state index in [1.54, 1.807) is 24.3 Å². The van der Waals surface area contributed by atoms with Gasteiger partial charge in [0.05, 0.1) is 11.0 Å². The van der Waals surface area contributed by atoms with Crippen LogP contribution >= 0.6 is 0 Å². The summed E-state index contributed by atoms with van der Waals surface area (Å²) in [7, 11) is -0.353. The molecule has 0 saturated carbocycles. The summed E-state index contributed by atoms with van der Waals surface area (Å²) < 4.78 is 25.1. The van der Waals surface area contributed by atoms with E-state index in [4.69, 9.17) is 5.26 Å². The molecule has 1 aromatic carbocycles. The molecular weight excluding hydrogens is 286 g/mol. The lowest BCUT2D eigenvalue weighted by molar-refractivity contribution is 0.364. The highest BCUT2D eigenvalue weighted by atomic mass is 32.2. The van der Waals surface area contributed by atoms with Crippen molar-refractivity contribution in [2.24, 2.45) is 5.41 Å². The maximum absolute atomic E-state index is 12.0. The molecule has 5 nitrogen and oxygen atoms in total. The molecule has 0 aliphatic carbocycles. The van der Waals surface area contributed by atoms with Gasteiger partial charge in [0.25, 0.3) is 0 Å². The summed E-state index contributed by atoms with van der Waals surface area (Å²) >= 11 is 0. The van der Waals surface area contributed by atoms with Gasteiger partial charge in [0.2, 0.25) is 10.0 Å². The number of sulfonamides is 1. The van der Waals surface area contributed by atoms with E-state index >= 15 is 0 Å². The number of nitrogens with one attached hydrogen (secondary N) is 1. The van der Waals surface area contributed by atoms with Gasteiger partial charge in [-0.15, -0.1) is 0 Å². The lowest BCUT2D eigenvalue weighted by atomic mass is 9.88. The van der Waals surface area contributed by atoms with Crippen LogP contribution < -0.4 is 5.32 Å². The highest BCUT2D eigenvalue weighted by Gasteiger charge is 2.18. The molecule has 1 rings (SSSR count). The molecule has 116 valence electrons. The first-order valence-corrected chi connectivity index (χ1v) is 8.26. The van der Waals surface area contributed by atoms with Crippen molar-refractivity contribution in [3.63, 3.8) is 0 Å². The molecule has 1 N–H and O–H groups in total. The van der Waals surface area contributed by atoms with Crippen LogP contribution in [-0.4, -0.2) is 33.4 Å². The molecule has 1 aromatic rings. The van der Waals surface area contributed by atoms with Gasteiger partial charge >= 0.3 is 0 Å². The zero-order chi connectivity index (χ0) is 16.1. The molecule has 0 radical (unpaired) electrons. The summed E-state index contributed by atoms with van der Waals surface area (Å²) in [6.45, 7) is 4.93. The van der Waals surface area contributed by atoms with Gasteiger partial charge in [0.1, 0.15) is 0 Å². The lowest BCUT2D eigenvalue weighted by Crippen LogP contribution is -2.23. The molecule has 0 spiro atoms. The molecule has 0 bridgehead atoms. The Hall–Kier alpha value is -1.58. The zero-order valence-corrected chi connectivity index (χ0v) is 13.9. The van der Waals surface area contributed by atoms with E-state index in [-0.39, 0.29) is 10.3 Å². The van der Waals surface area contributed by atoms with E-state index in [1.165, 1.54) is 18.4 Å². The largest absolute Gasteiger partial charge is 0.385 e. The van der Waals surface area contributed by atoms with Crippen molar-refractivity contribution < 1.29 is 8.42 Å². The van der Waals surface area contributed by atoms with E-state index in [0.717, 1.165) is 18.7 Å². The number of anilines is 1. The van der Waals surface area contributed by atoms with E-state index in [0.29, 0.717) is 6.42 Å². The summed E-state index contributed by atoms with van der Waals surface area (Å²) in [4.78, 5) is 0.279. The SMILES string of the molecule is CN(C)S(=O)(=O)c1ccc(NCC(C)(C)CCC#N)cc1. The van der Waals surface area contributed by atoms with Gasteiger partial charge in [-0.05, 0) is 36.1 Å². The first kappa shape index (κ1) is 17.5. The maximum Gasteiger partial charge on any atom is 0.242 e. The van der Waals surface area contributed by atoms with Crippen molar-refractivity contribution in [1.82, 2.24) is 4.31 Å². The zero-order valence-electron chi connectivity index (χ0n) is 13.0. The molecule has 0 fully saturated rings. The molecule has 0 saturated heterocycles. The van der Waals surface area contributed by atoms with Crippen LogP contribution in [0, 0.1) is 16.7 Å². The topological polar surface area (TPSA) is 73.2 Å². The minimum Gasteiger partial charge on any atom is -0.385 e. The fourth-order valence-electron chi connectivity index (χ4n) is 1.78. The average molecular weight is 309 g/mol. The molecule has 0 amide bonds. The Bertz CT molecular complexity index is 599. The van der Waals surface area contributed by atoms with Crippen LogP contribution in [0.1, 0.15) is 26.7 Å². The summed E-state index contributed by atoms with van der Waals surface area (Å²) in [6.07, 6.45) is 1.36. The number of nitriles is 1. The van der Waals surface area contributed by atoms with Crippen LogP contribution in [0.15, 0.2) is 29.2 Å². The van der Waals surface area contributed by atoms with Crippen LogP contribution in [0.25, 0.3) is 0 Å². The van der Waals surface area contributed by atoms with Crippen LogP contribution in [-0.2, 0) is 10.0 Å². The fourth-order valence-corrected chi connectivity index (χ4v) is 2.68. The van der Waals surface area contributed by atoms with Gasteiger partial charge < -0.3 is 5.32 Å². The molecule has 21 heavy (non-hydrogen) atoms. The van der Waals surface area contributed by atoms with E-state index in [9.17, 15) is 8.42 Å². The van der Waals surface area contributed by atoms with Crippen LogP contribution in [0.3, 0.4) is 0 Å². The van der Waals surface area contributed by atoms with Crippen molar-refractivity contribution in [2.75, 3.05) is 26.0 Å². The second-order valence-corrected chi connectivity index (χ2v) is 8.14. The maximum atomic E-state index is 12.0. The van der Waals surface area contributed by atoms with Gasteiger partial charge in [0.15, 0.2) is 0 Å². The quantitative estimate of drug-likeness (QED) is 0.840. The Morgan fingerprint density at radius 3 is 2.29 bits per heavy atom. The van der Waals surface area contributed by atoms with Crippen LogP contribution in [0.5, 0.6) is 0 Å². The van der Waals surface area contributed by atoms with Gasteiger partial charge in [-0.25, -0.2) is 12.7 Å². The minimum atomic E-state index is -3.38. The Morgan fingerprint density at radius 2 is 1.81 bits per heavy atom. The summed E-state index contributed by atoms with van der Waals surface area (Å²) in [5.74, 6) is 0. The fraction of sp³-hybridized carbons (Fsp3) is 0.533. The van der Waals surface area contributed by atoms with Crippen molar-refractivity contribution in [3.05, 3.63) is 24.3 Å². The number of nitrogens with zero attached hydrogens (tertiary/aromatic N) is 2. The smallest absolute Gasteiger partial charge is 0.242 e. The van der Waals surface area contributed by atoms with Crippen LogP contribution in [0.4, 0.5) is 5.69 Å². The third kappa shape index (κ3) is 5.03. The van der Waals surface area contributed by atoms with E-state index < -0.39 is 10.0 Å². The molecule has 0 atom stereocenters. The number of hydrogen-bond acceptors (Lipinski definition) is 4. The minimum absolute atomic E-state index is 0.0180. The summed E-state index contributed by atoms with van der Waals surface area (Å²) in [5.41, 5.74) is 0.891. The monoisotopic (exact) mass is 309 g/mol. The predicted octanol–water partition coefficient (Wildman–Crippen LogP) is 2.68. The number of rotatable bonds is 7. The van der Waals surface area contributed by atoms with Gasteiger partial charge in [-0.3, -0.25) is 0 Å². The second-order valence-electron chi connectivity index (χ2n) is 5.99. The molecule has 0 aliphatic heterocycles. The van der Waals surface area contributed by atoms with Gasteiger partial charge in [-0.1, -0.05) is 13.8 Å². The highest BCUT2D eigenvalue weighted by Crippen LogP contribution is 2.23. The number of benzene rings is 1. The Morgan fingerprint density at radius 1 is 1.24 bits per heavy atom. The molecule has 0 heterocycles. The normalized spacial score (nSPS) is 12.2. The lowest BCUT2D eigenvalue weighted by Gasteiger charge is -2.24. The first-order valence-electron chi connectivity index (χ1n) is 6.82. The van der Waals surface area contributed by atoms with Gasteiger partial charge in [-0.2, -0.15) is 5.26 Å². The molecule has 0 aromatic heterocycles. The van der Waals surface area contributed by atoms with Crippen molar-refractivity contribution in [2.45, 2.75) is 31.6 Å². The highest BCUT2D eigenvalue weighted by molar-refractivity contribution is 7.89. The number of hydrogen-bond donors (Lipinski definition) is 1. The average Bonchev–Trinajstić information content (AvgIpc) is 2.43. The Balaban J connectivity index is 2.70. The van der Waals surface area contributed by atoms with Crippen molar-refractivity contribution in [3.8, 4) is 6.07 Å². The third-order valence-electron chi connectivity index (χ3n) is 3.32. The second kappa shape index (κ2) is 6.92. The molecule has 0 unspecified atom stereocenters. The van der Waals surface area contributed by atoms with Gasteiger partial charge in [0, 0.05) is 32.7 Å². The first-order chi connectivity index (χ1) is 9.69.